The average Bonchev–Trinajstić information content (AvgIpc) is 3.66. The highest BCUT2D eigenvalue weighted by atomic mass is 32.1. The largest absolute Gasteiger partial charge is 0.309 e. The van der Waals surface area contributed by atoms with Gasteiger partial charge in [-0.15, -0.1) is 11.3 Å². The Morgan fingerprint density at radius 2 is 0.804 bits per heavy atom. The van der Waals surface area contributed by atoms with Crippen LogP contribution in [0.2, 0.25) is 0 Å². The Labute approximate surface area is 330 Å². The zero-order chi connectivity index (χ0) is 37.0. The van der Waals surface area contributed by atoms with E-state index in [4.69, 9.17) is 0 Å². The summed E-state index contributed by atoms with van der Waals surface area (Å²) in [5.41, 5.74) is 10.6. The molecule has 0 atom stereocenters. The SMILES string of the molecule is c1ccc(-c2cccc3cccc(-c4ccccc4N(c4ccccc4-c4cccc5c4ccc4ccccc45)c4cccc5sc6ccccc6c45)c23)cc1. The van der Waals surface area contributed by atoms with Gasteiger partial charge in [0, 0.05) is 31.3 Å². The summed E-state index contributed by atoms with van der Waals surface area (Å²) < 4.78 is 2.57. The molecule has 0 unspecified atom stereocenters. The van der Waals surface area contributed by atoms with Gasteiger partial charge < -0.3 is 4.90 Å². The first-order valence-electron chi connectivity index (χ1n) is 19.2. The first-order chi connectivity index (χ1) is 27.8. The van der Waals surface area contributed by atoms with E-state index in [9.17, 15) is 0 Å². The van der Waals surface area contributed by atoms with Crippen molar-refractivity contribution in [1.29, 1.82) is 0 Å². The standard InChI is InChI=1S/C54H35NS/c1-2-16-36(17-3-1)40-25-12-19-38-20-13-28-46(53(38)40)45-23-7-10-30-49(45)55(50-31-15-33-52-54(50)47-24-8-11-32-51(47)56-52)48-29-9-6-22-44(48)42-27-14-26-41-39-21-5-4-18-37(39)34-35-43(41)42/h1-35H. The van der Waals surface area contributed by atoms with Gasteiger partial charge in [-0.3, -0.25) is 0 Å². The Morgan fingerprint density at radius 3 is 1.62 bits per heavy atom. The average molecular weight is 730 g/mol. The summed E-state index contributed by atoms with van der Waals surface area (Å²) in [6, 6.07) is 77.8. The summed E-state index contributed by atoms with van der Waals surface area (Å²) in [6.45, 7) is 0. The number of anilines is 3. The third kappa shape index (κ3) is 5.22. The van der Waals surface area contributed by atoms with Crippen LogP contribution < -0.4 is 4.90 Å². The summed E-state index contributed by atoms with van der Waals surface area (Å²) in [4.78, 5) is 2.54. The number of rotatable bonds is 6. The van der Waals surface area contributed by atoms with Gasteiger partial charge in [-0.25, -0.2) is 0 Å². The Hall–Kier alpha value is -7.00. The van der Waals surface area contributed by atoms with Gasteiger partial charge in [0.2, 0.25) is 0 Å². The Kier molecular flexibility index (Phi) is 7.75. The summed E-state index contributed by atoms with van der Waals surface area (Å²) in [7, 11) is 0. The van der Waals surface area contributed by atoms with Crippen LogP contribution in [0.1, 0.15) is 0 Å². The molecule has 0 amide bonds. The van der Waals surface area contributed by atoms with Crippen molar-refractivity contribution in [1.82, 2.24) is 0 Å². The number of thiophene rings is 1. The normalized spacial score (nSPS) is 11.6. The quantitative estimate of drug-likeness (QED) is 0.154. The van der Waals surface area contributed by atoms with Crippen LogP contribution in [0.15, 0.2) is 212 Å². The second-order valence-electron chi connectivity index (χ2n) is 14.4. The van der Waals surface area contributed by atoms with Gasteiger partial charge in [0.05, 0.1) is 17.1 Å². The van der Waals surface area contributed by atoms with E-state index in [1.165, 1.54) is 85.9 Å². The predicted molar refractivity (Wildman–Crippen MR) is 243 cm³/mol. The van der Waals surface area contributed by atoms with E-state index >= 15 is 0 Å². The van der Waals surface area contributed by atoms with Crippen molar-refractivity contribution in [2.45, 2.75) is 0 Å². The van der Waals surface area contributed by atoms with E-state index in [1.54, 1.807) is 0 Å². The molecule has 1 heterocycles. The molecule has 10 aromatic carbocycles. The van der Waals surface area contributed by atoms with E-state index < -0.39 is 0 Å². The molecule has 1 aromatic heterocycles. The minimum absolute atomic E-state index is 1.13. The minimum atomic E-state index is 1.13. The first kappa shape index (κ1) is 32.4. The number of benzene rings is 10. The van der Waals surface area contributed by atoms with Crippen LogP contribution in [0.25, 0.3) is 85.9 Å². The highest BCUT2D eigenvalue weighted by molar-refractivity contribution is 7.26. The van der Waals surface area contributed by atoms with Gasteiger partial charge >= 0.3 is 0 Å². The second kappa shape index (κ2) is 13.4. The number of hydrogen-bond acceptors (Lipinski definition) is 2. The molecule has 262 valence electrons. The highest BCUT2D eigenvalue weighted by Gasteiger charge is 2.25. The molecule has 0 spiro atoms. The Morgan fingerprint density at radius 1 is 0.268 bits per heavy atom. The monoisotopic (exact) mass is 729 g/mol. The smallest absolute Gasteiger partial charge is 0.0555 e. The van der Waals surface area contributed by atoms with E-state index in [-0.39, 0.29) is 0 Å². The fourth-order valence-electron chi connectivity index (χ4n) is 8.82. The van der Waals surface area contributed by atoms with Crippen molar-refractivity contribution in [3.05, 3.63) is 212 Å². The van der Waals surface area contributed by atoms with Gasteiger partial charge in [0.25, 0.3) is 0 Å². The maximum atomic E-state index is 2.54. The maximum Gasteiger partial charge on any atom is 0.0555 e. The fraction of sp³-hybridized carbons (Fsp3) is 0. The van der Waals surface area contributed by atoms with E-state index in [0.29, 0.717) is 0 Å². The Balaban J connectivity index is 1.24. The topological polar surface area (TPSA) is 3.24 Å². The highest BCUT2D eigenvalue weighted by Crippen LogP contribution is 2.51. The molecule has 11 aromatic rings. The first-order valence-corrected chi connectivity index (χ1v) is 20.0. The van der Waals surface area contributed by atoms with Gasteiger partial charge in [-0.1, -0.05) is 182 Å². The van der Waals surface area contributed by atoms with Crippen molar-refractivity contribution < 1.29 is 0 Å². The molecule has 1 nitrogen and oxygen atoms in total. The number of fused-ring (bicyclic) bond motifs is 7. The molecule has 0 radical (unpaired) electrons. The molecule has 0 bridgehead atoms. The molecule has 0 fully saturated rings. The van der Waals surface area contributed by atoms with Gasteiger partial charge in [-0.2, -0.15) is 0 Å². The van der Waals surface area contributed by atoms with Crippen molar-refractivity contribution in [2.24, 2.45) is 0 Å². The minimum Gasteiger partial charge on any atom is -0.309 e. The van der Waals surface area contributed by atoms with Crippen molar-refractivity contribution >= 4 is 80.9 Å². The van der Waals surface area contributed by atoms with Gasteiger partial charge in [-0.05, 0) is 84.9 Å². The maximum absolute atomic E-state index is 2.54. The summed E-state index contributed by atoms with van der Waals surface area (Å²) in [5, 5.41) is 10.0. The lowest BCUT2D eigenvalue weighted by Crippen LogP contribution is -2.13. The van der Waals surface area contributed by atoms with E-state index in [2.05, 4.69) is 217 Å². The third-order valence-electron chi connectivity index (χ3n) is 11.3. The zero-order valence-corrected chi connectivity index (χ0v) is 31.4. The third-order valence-corrected chi connectivity index (χ3v) is 12.4. The van der Waals surface area contributed by atoms with Crippen LogP contribution in [0.4, 0.5) is 17.1 Å². The molecule has 0 saturated heterocycles. The van der Waals surface area contributed by atoms with Crippen LogP contribution in [0.5, 0.6) is 0 Å². The molecular weight excluding hydrogens is 695 g/mol. The molecule has 0 aliphatic rings. The molecule has 11 rings (SSSR count). The van der Waals surface area contributed by atoms with Crippen LogP contribution in [0, 0.1) is 0 Å². The van der Waals surface area contributed by atoms with Gasteiger partial charge in [0.15, 0.2) is 0 Å². The van der Waals surface area contributed by atoms with Crippen LogP contribution in [-0.2, 0) is 0 Å². The molecule has 0 aliphatic carbocycles. The fourth-order valence-corrected chi connectivity index (χ4v) is 9.95. The molecular formula is C54H35NS. The lowest BCUT2D eigenvalue weighted by atomic mass is 9.90. The van der Waals surface area contributed by atoms with Crippen molar-refractivity contribution in [3.63, 3.8) is 0 Å². The summed E-state index contributed by atoms with van der Waals surface area (Å²) in [6.07, 6.45) is 0. The molecule has 0 aliphatic heterocycles. The van der Waals surface area contributed by atoms with Crippen molar-refractivity contribution in [2.75, 3.05) is 4.90 Å². The summed E-state index contributed by atoms with van der Waals surface area (Å²) >= 11 is 1.86. The Bertz CT molecular complexity index is 3260. The van der Waals surface area contributed by atoms with E-state index in [0.717, 1.165) is 17.1 Å². The van der Waals surface area contributed by atoms with Crippen LogP contribution >= 0.6 is 11.3 Å². The van der Waals surface area contributed by atoms with Gasteiger partial charge in [0.1, 0.15) is 0 Å². The lowest BCUT2D eigenvalue weighted by molar-refractivity contribution is 1.30. The van der Waals surface area contributed by atoms with Crippen LogP contribution in [0.3, 0.4) is 0 Å². The number of para-hydroxylation sites is 2. The molecule has 56 heavy (non-hydrogen) atoms. The zero-order valence-electron chi connectivity index (χ0n) is 30.6. The van der Waals surface area contributed by atoms with Crippen LogP contribution in [-0.4, -0.2) is 0 Å². The molecule has 0 saturated carbocycles. The molecule has 2 heteroatoms. The van der Waals surface area contributed by atoms with E-state index in [1.807, 2.05) is 11.3 Å². The lowest BCUT2D eigenvalue weighted by Gasteiger charge is -2.31. The predicted octanol–water partition coefficient (Wildman–Crippen LogP) is 16.0. The summed E-state index contributed by atoms with van der Waals surface area (Å²) in [5.74, 6) is 0. The van der Waals surface area contributed by atoms with Crippen molar-refractivity contribution in [3.8, 4) is 33.4 Å². The molecule has 0 N–H and O–H groups in total. The second-order valence-corrected chi connectivity index (χ2v) is 15.5. The number of hydrogen-bond donors (Lipinski definition) is 0. The number of nitrogens with zero attached hydrogens (tertiary/aromatic N) is 1.